The molecule has 0 saturated carbocycles. The standard InChI is InChI=1S/C17H29N3O/c1-4-6-7-8-12-19-17(21)20-16-11-9-10-15(13-16)14(3)18-5-2/h9-11,13-14,18H,4-8,12H2,1-3H3,(H2,19,20,21). The monoisotopic (exact) mass is 291 g/mol. The third kappa shape index (κ3) is 7.14. The van der Waals surface area contributed by atoms with Gasteiger partial charge in [-0.1, -0.05) is 45.2 Å². The Bertz CT molecular complexity index is 420. The number of urea groups is 1. The third-order valence-corrected chi connectivity index (χ3v) is 3.47. The number of amides is 2. The zero-order chi connectivity index (χ0) is 15.5. The molecule has 4 heteroatoms. The van der Waals surface area contributed by atoms with E-state index in [9.17, 15) is 4.79 Å². The molecule has 0 saturated heterocycles. The maximum absolute atomic E-state index is 11.8. The van der Waals surface area contributed by atoms with Crippen molar-refractivity contribution in [3.63, 3.8) is 0 Å². The van der Waals surface area contributed by atoms with Gasteiger partial charge >= 0.3 is 6.03 Å². The zero-order valence-electron chi connectivity index (χ0n) is 13.5. The fraction of sp³-hybridized carbons (Fsp3) is 0.588. The molecule has 1 rings (SSSR count). The van der Waals surface area contributed by atoms with E-state index in [1.54, 1.807) is 0 Å². The Kier molecular flexibility index (Phi) is 8.51. The van der Waals surface area contributed by atoms with E-state index in [0.29, 0.717) is 0 Å². The molecular weight excluding hydrogens is 262 g/mol. The smallest absolute Gasteiger partial charge is 0.319 e. The molecule has 0 aliphatic carbocycles. The summed E-state index contributed by atoms with van der Waals surface area (Å²) < 4.78 is 0. The second-order valence-corrected chi connectivity index (χ2v) is 5.35. The summed E-state index contributed by atoms with van der Waals surface area (Å²) in [5.74, 6) is 0. The summed E-state index contributed by atoms with van der Waals surface area (Å²) in [5.41, 5.74) is 2.01. The van der Waals surface area contributed by atoms with E-state index in [2.05, 4.69) is 42.8 Å². The van der Waals surface area contributed by atoms with Crippen molar-refractivity contribution in [3.8, 4) is 0 Å². The molecule has 1 atom stereocenters. The fourth-order valence-electron chi connectivity index (χ4n) is 2.24. The number of nitrogens with one attached hydrogen (secondary N) is 3. The van der Waals surface area contributed by atoms with Crippen molar-refractivity contribution in [2.45, 2.75) is 52.5 Å². The van der Waals surface area contributed by atoms with Gasteiger partial charge in [0.25, 0.3) is 0 Å². The Balaban J connectivity index is 2.40. The van der Waals surface area contributed by atoms with Crippen LogP contribution in [0.5, 0.6) is 0 Å². The van der Waals surface area contributed by atoms with Crippen molar-refractivity contribution in [2.24, 2.45) is 0 Å². The quantitative estimate of drug-likeness (QED) is 0.601. The normalized spacial score (nSPS) is 12.0. The molecule has 0 bridgehead atoms. The molecule has 2 amide bonds. The Morgan fingerprint density at radius 3 is 2.71 bits per heavy atom. The molecule has 3 N–H and O–H groups in total. The molecule has 1 unspecified atom stereocenters. The van der Waals surface area contributed by atoms with Gasteiger partial charge in [0.15, 0.2) is 0 Å². The predicted octanol–water partition coefficient (Wildman–Crippen LogP) is 4.06. The largest absolute Gasteiger partial charge is 0.338 e. The van der Waals surface area contributed by atoms with Crippen LogP contribution >= 0.6 is 0 Å². The van der Waals surface area contributed by atoms with E-state index in [1.807, 2.05) is 18.2 Å². The van der Waals surface area contributed by atoms with Gasteiger partial charge in [0.05, 0.1) is 0 Å². The van der Waals surface area contributed by atoms with Gasteiger partial charge in [-0.25, -0.2) is 4.79 Å². The first kappa shape index (κ1) is 17.5. The minimum absolute atomic E-state index is 0.125. The van der Waals surface area contributed by atoms with Crippen LogP contribution in [0.15, 0.2) is 24.3 Å². The highest BCUT2D eigenvalue weighted by Gasteiger charge is 2.06. The number of hydrogen-bond acceptors (Lipinski definition) is 2. The van der Waals surface area contributed by atoms with E-state index in [0.717, 1.165) is 25.2 Å². The molecule has 0 aliphatic rings. The first-order valence-electron chi connectivity index (χ1n) is 8.05. The molecule has 118 valence electrons. The number of unbranched alkanes of at least 4 members (excludes halogenated alkanes) is 3. The van der Waals surface area contributed by atoms with Gasteiger partial charge in [0.2, 0.25) is 0 Å². The van der Waals surface area contributed by atoms with Crippen LogP contribution in [0, 0.1) is 0 Å². The third-order valence-electron chi connectivity index (χ3n) is 3.47. The van der Waals surface area contributed by atoms with E-state index in [-0.39, 0.29) is 12.1 Å². The number of anilines is 1. The lowest BCUT2D eigenvalue weighted by Crippen LogP contribution is -2.29. The average molecular weight is 291 g/mol. The van der Waals surface area contributed by atoms with Crippen molar-refractivity contribution in [3.05, 3.63) is 29.8 Å². The van der Waals surface area contributed by atoms with Crippen LogP contribution in [0.4, 0.5) is 10.5 Å². The molecule has 0 aliphatic heterocycles. The van der Waals surface area contributed by atoms with Crippen molar-refractivity contribution in [1.29, 1.82) is 0 Å². The van der Waals surface area contributed by atoms with Crippen LogP contribution in [0.1, 0.15) is 58.1 Å². The van der Waals surface area contributed by atoms with Gasteiger partial charge in [0, 0.05) is 18.3 Å². The molecule has 1 aromatic carbocycles. The number of hydrogen-bond donors (Lipinski definition) is 3. The molecule has 0 heterocycles. The van der Waals surface area contributed by atoms with Crippen LogP contribution in [-0.2, 0) is 0 Å². The highest BCUT2D eigenvalue weighted by molar-refractivity contribution is 5.89. The Hall–Kier alpha value is -1.55. The molecule has 0 aromatic heterocycles. The van der Waals surface area contributed by atoms with Gasteiger partial charge < -0.3 is 16.0 Å². The molecule has 0 spiro atoms. The molecule has 0 fully saturated rings. The van der Waals surface area contributed by atoms with E-state index in [1.165, 1.54) is 24.8 Å². The molecule has 21 heavy (non-hydrogen) atoms. The Labute approximate surface area is 128 Å². The highest BCUT2D eigenvalue weighted by atomic mass is 16.2. The van der Waals surface area contributed by atoms with Gasteiger partial charge in [-0.05, 0) is 37.6 Å². The maximum Gasteiger partial charge on any atom is 0.319 e. The minimum atomic E-state index is -0.125. The van der Waals surface area contributed by atoms with E-state index in [4.69, 9.17) is 0 Å². The summed E-state index contributed by atoms with van der Waals surface area (Å²) in [6.07, 6.45) is 4.65. The predicted molar refractivity (Wildman–Crippen MR) is 89.7 cm³/mol. The summed E-state index contributed by atoms with van der Waals surface area (Å²) >= 11 is 0. The summed E-state index contributed by atoms with van der Waals surface area (Å²) in [7, 11) is 0. The van der Waals surface area contributed by atoms with Crippen LogP contribution in [0.25, 0.3) is 0 Å². The summed E-state index contributed by atoms with van der Waals surface area (Å²) in [6, 6.07) is 8.14. The van der Waals surface area contributed by atoms with Gasteiger partial charge in [0.1, 0.15) is 0 Å². The van der Waals surface area contributed by atoms with Crippen LogP contribution in [0.3, 0.4) is 0 Å². The fourth-order valence-corrected chi connectivity index (χ4v) is 2.24. The van der Waals surface area contributed by atoms with Gasteiger partial charge in [-0.2, -0.15) is 0 Å². The maximum atomic E-state index is 11.8. The summed E-state index contributed by atoms with van der Waals surface area (Å²) in [6.45, 7) is 8.05. The Morgan fingerprint density at radius 2 is 2.00 bits per heavy atom. The van der Waals surface area contributed by atoms with E-state index < -0.39 is 0 Å². The Morgan fingerprint density at radius 1 is 1.19 bits per heavy atom. The minimum Gasteiger partial charge on any atom is -0.338 e. The van der Waals surface area contributed by atoms with Crippen LogP contribution in [-0.4, -0.2) is 19.1 Å². The zero-order valence-corrected chi connectivity index (χ0v) is 13.5. The van der Waals surface area contributed by atoms with Crippen molar-refractivity contribution < 1.29 is 4.79 Å². The highest BCUT2D eigenvalue weighted by Crippen LogP contribution is 2.17. The van der Waals surface area contributed by atoms with Crippen LogP contribution in [0.2, 0.25) is 0 Å². The lowest BCUT2D eigenvalue weighted by Gasteiger charge is -2.14. The van der Waals surface area contributed by atoms with Crippen molar-refractivity contribution in [2.75, 3.05) is 18.4 Å². The average Bonchev–Trinajstić information content (AvgIpc) is 2.47. The van der Waals surface area contributed by atoms with Gasteiger partial charge in [-0.3, -0.25) is 0 Å². The second kappa shape index (κ2) is 10.2. The first-order valence-corrected chi connectivity index (χ1v) is 8.05. The number of carbonyl (C=O) groups excluding carboxylic acids is 1. The molecule has 4 nitrogen and oxygen atoms in total. The SMILES string of the molecule is CCCCCCNC(=O)Nc1cccc(C(C)NCC)c1. The summed E-state index contributed by atoms with van der Waals surface area (Å²) in [5, 5.41) is 9.16. The lowest BCUT2D eigenvalue weighted by atomic mass is 10.1. The molecule has 0 radical (unpaired) electrons. The van der Waals surface area contributed by atoms with Crippen molar-refractivity contribution >= 4 is 11.7 Å². The van der Waals surface area contributed by atoms with Crippen molar-refractivity contribution in [1.82, 2.24) is 10.6 Å². The number of carbonyl (C=O) groups is 1. The van der Waals surface area contributed by atoms with Crippen LogP contribution < -0.4 is 16.0 Å². The topological polar surface area (TPSA) is 53.2 Å². The van der Waals surface area contributed by atoms with Gasteiger partial charge in [-0.15, -0.1) is 0 Å². The second-order valence-electron chi connectivity index (χ2n) is 5.35. The molecule has 1 aromatic rings. The van der Waals surface area contributed by atoms with E-state index >= 15 is 0 Å². The lowest BCUT2D eigenvalue weighted by molar-refractivity contribution is 0.252. The number of rotatable bonds is 9. The first-order chi connectivity index (χ1) is 10.2. The number of benzene rings is 1. The molecular formula is C17H29N3O. The summed E-state index contributed by atoms with van der Waals surface area (Å²) in [4.78, 5) is 11.8.